The fourth-order valence-electron chi connectivity index (χ4n) is 3.31. The molecule has 0 radical (unpaired) electrons. The molecule has 120 valence electrons. The number of nitrogens with one attached hydrogen (secondary N) is 1. The lowest BCUT2D eigenvalue weighted by atomic mass is 9.92. The highest BCUT2D eigenvalue weighted by molar-refractivity contribution is 5.97. The summed E-state index contributed by atoms with van der Waals surface area (Å²) in [6.07, 6.45) is 2.30. The first-order valence-electron chi connectivity index (χ1n) is 8.07. The topological polar surface area (TPSA) is 58.6 Å². The second-order valence-corrected chi connectivity index (χ2v) is 7.06. The van der Waals surface area contributed by atoms with Crippen molar-refractivity contribution in [3.63, 3.8) is 0 Å². The third-order valence-corrected chi connectivity index (χ3v) is 4.47. The van der Waals surface area contributed by atoms with Gasteiger partial charge in [-0.3, -0.25) is 9.59 Å². The molecule has 0 aliphatic carbocycles. The molecule has 21 heavy (non-hydrogen) atoms. The van der Waals surface area contributed by atoms with Crippen LogP contribution in [0.4, 0.5) is 0 Å². The molecule has 1 N–H and O–H groups in total. The van der Waals surface area contributed by atoms with Crippen molar-refractivity contribution in [2.45, 2.75) is 71.8 Å². The van der Waals surface area contributed by atoms with Crippen LogP contribution >= 0.6 is 0 Å². The van der Waals surface area contributed by atoms with Crippen molar-refractivity contribution in [3.05, 3.63) is 0 Å². The number of hydrogen-bond acceptors (Lipinski definition) is 3. The third kappa shape index (κ3) is 3.39. The molecule has 2 saturated heterocycles. The van der Waals surface area contributed by atoms with Crippen molar-refractivity contribution >= 4 is 11.8 Å². The molecule has 5 heteroatoms. The smallest absolute Gasteiger partial charge is 0.246 e. The van der Waals surface area contributed by atoms with Gasteiger partial charge < -0.3 is 15.0 Å². The van der Waals surface area contributed by atoms with Crippen LogP contribution in [-0.4, -0.2) is 47.6 Å². The number of ether oxygens (including phenoxy) is 1. The first kappa shape index (κ1) is 16.3. The maximum Gasteiger partial charge on any atom is 0.246 e. The summed E-state index contributed by atoms with van der Waals surface area (Å²) in [6.45, 7) is 10.5. The van der Waals surface area contributed by atoms with Gasteiger partial charge in [-0.15, -0.1) is 0 Å². The van der Waals surface area contributed by atoms with E-state index in [0.717, 1.165) is 12.8 Å². The average molecular weight is 296 g/mol. The highest BCUT2D eigenvalue weighted by atomic mass is 16.5. The van der Waals surface area contributed by atoms with Gasteiger partial charge in [-0.05, 0) is 31.6 Å². The highest BCUT2D eigenvalue weighted by Crippen LogP contribution is 2.25. The van der Waals surface area contributed by atoms with Crippen LogP contribution in [0.3, 0.4) is 0 Å². The number of nitrogens with zero attached hydrogens (tertiary/aromatic N) is 1. The van der Waals surface area contributed by atoms with Crippen LogP contribution in [0.25, 0.3) is 0 Å². The Balaban J connectivity index is 2.17. The van der Waals surface area contributed by atoms with Crippen molar-refractivity contribution in [3.8, 4) is 0 Å². The van der Waals surface area contributed by atoms with Gasteiger partial charge in [-0.1, -0.05) is 27.7 Å². The number of carbonyl (C=O) groups is 2. The van der Waals surface area contributed by atoms with Gasteiger partial charge in [-0.2, -0.15) is 0 Å². The largest absolute Gasteiger partial charge is 0.373 e. The molecule has 5 nitrogen and oxygen atoms in total. The maximum absolute atomic E-state index is 12.8. The average Bonchev–Trinajstić information content (AvgIpc) is 2.78. The van der Waals surface area contributed by atoms with Crippen LogP contribution in [0.5, 0.6) is 0 Å². The van der Waals surface area contributed by atoms with Gasteiger partial charge in [0.15, 0.2) is 0 Å². The Morgan fingerprint density at radius 1 is 1.19 bits per heavy atom. The molecule has 0 aromatic heterocycles. The zero-order valence-corrected chi connectivity index (χ0v) is 13.8. The van der Waals surface area contributed by atoms with Crippen LogP contribution in [0, 0.1) is 11.8 Å². The Morgan fingerprint density at radius 2 is 1.86 bits per heavy atom. The van der Waals surface area contributed by atoms with Crippen LogP contribution in [-0.2, 0) is 14.3 Å². The summed E-state index contributed by atoms with van der Waals surface area (Å²) in [4.78, 5) is 26.9. The minimum atomic E-state index is -0.411. The normalized spacial score (nSPS) is 34.0. The molecule has 2 heterocycles. The van der Waals surface area contributed by atoms with E-state index in [9.17, 15) is 9.59 Å². The van der Waals surface area contributed by atoms with Gasteiger partial charge >= 0.3 is 0 Å². The van der Waals surface area contributed by atoms with E-state index in [4.69, 9.17) is 4.74 Å². The lowest BCUT2D eigenvalue weighted by molar-refractivity contribution is -0.154. The molecule has 0 aromatic carbocycles. The molecule has 2 rings (SSSR count). The summed E-state index contributed by atoms with van der Waals surface area (Å²) >= 11 is 0. The van der Waals surface area contributed by atoms with Gasteiger partial charge in [0.1, 0.15) is 12.1 Å². The minimum absolute atomic E-state index is 0.0330. The number of piperazine rings is 1. The van der Waals surface area contributed by atoms with Crippen molar-refractivity contribution in [1.29, 1.82) is 0 Å². The van der Waals surface area contributed by atoms with E-state index < -0.39 is 6.04 Å². The van der Waals surface area contributed by atoms with E-state index in [-0.39, 0.29) is 41.9 Å². The standard InChI is InChI=1S/C16H28N2O3/c1-9(2)13-16(20)18(8-12-7-6-11(5)21-12)14(10(3)4)15(19)17-13/h9-14H,6-8H2,1-5H3,(H,17,19). The number of amides is 2. The lowest BCUT2D eigenvalue weighted by Gasteiger charge is -2.42. The van der Waals surface area contributed by atoms with Crippen molar-refractivity contribution in [2.24, 2.45) is 11.8 Å². The Morgan fingerprint density at radius 3 is 2.33 bits per heavy atom. The fraction of sp³-hybridized carbons (Fsp3) is 0.875. The monoisotopic (exact) mass is 296 g/mol. The predicted molar refractivity (Wildman–Crippen MR) is 80.7 cm³/mol. The van der Waals surface area contributed by atoms with Gasteiger partial charge in [0.2, 0.25) is 11.8 Å². The SMILES string of the molecule is CC1CCC(CN2C(=O)C(C(C)C)NC(=O)C2C(C)C)O1. The van der Waals surface area contributed by atoms with Gasteiger partial charge in [0, 0.05) is 6.54 Å². The molecule has 0 aromatic rings. The predicted octanol–water partition coefficient (Wildman–Crippen LogP) is 1.56. The quantitative estimate of drug-likeness (QED) is 0.856. The Bertz CT molecular complexity index is 408. The van der Waals surface area contributed by atoms with E-state index in [1.54, 1.807) is 4.90 Å². The minimum Gasteiger partial charge on any atom is -0.373 e. The van der Waals surface area contributed by atoms with Crippen molar-refractivity contribution in [1.82, 2.24) is 10.2 Å². The molecule has 2 amide bonds. The van der Waals surface area contributed by atoms with Gasteiger partial charge in [0.05, 0.1) is 12.2 Å². The first-order chi connectivity index (χ1) is 9.81. The second-order valence-electron chi connectivity index (χ2n) is 7.06. The number of carbonyl (C=O) groups excluding carboxylic acids is 2. The van der Waals surface area contributed by atoms with E-state index in [2.05, 4.69) is 12.2 Å². The molecule has 4 atom stereocenters. The molecule has 0 bridgehead atoms. The molecule has 4 unspecified atom stereocenters. The summed E-state index contributed by atoms with van der Waals surface area (Å²) in [5, 5.41) is 2.89. The van der Waals surface area contributed by atoms with E-state index in [1.807, 2.05) is 27.7 Å². The second kappa shape index (κ2) is 6.34. The molecule has 2 fully saturated rings. The molecule has 2 aliphatic heterocycles. The van der Waals surface area contributed by atoms with Crippen LogP contribution in [0.2, 0.25) is 0 Å². The summed E-state index contributed by atoms with van der Waals surface area (Å²) < 4.78 is 5.85. The van der Waals surface area contributed by atoms with E-state index >= 15 is 0 Å². The fourth-order valence-corrected chi connectivity index (χ4v) is 3.31. The number of rotatable bonds is 4. The Hall–Kier alpha value is -1.10. The van der Waals surface area contributed by atoms with E-state index in [0.29, 0.717) is 6.54 Å². The third-order valence-electron chi connectivity index (χ3n) is 4.47. The molecular formula is C16H28N2O3. The van der Waals surface area contributed by atoms with Crippen LogP contribution < -0.4 is 5.32 Å². The van der Waals surface area contributed by atoms with Crippen molar-refractivity contribution < 1.29 is 14.3 Å². The van der Waals surface area contributed by atoms with Crippen LogP contribution in [0.1, 0.15) is 47.5 Å². The van der Waals surface area contributed by atoms with Gasteiger partial charge in [0.25, 0.3) is 0 Å². The summed E-state index contributed by atoms with van der Waals surface area (Å²) in [5.41, 5.74) is 0. The zero-order valence-electron chi connectivity index (χ0n) is 13.8. The maximum atomic E-state index is 12.8. The lowest BCUT2D eigenvalue weighted by Crippen LogP contribution is -2.67. The molecule has 0 saturated carbocycles. The summed E-state index contributed by atoms with van der Waals surface area (Å²) in [5.74, 6) is 0.196. The Kier molecular flexibility index (Phi) is 4.91. The Labute approximate surface area is 127 Å². The van der Waals surface area contributed by atoms with E-state index in [1.165, 1.54) is 0 Å². The molecular weight excluding hydrogens is 268 g/mol. The highest BCUT2D eigenvalue weighted by Gasteiger charge is 2.44. The summed E-state index contributed by atoms with van der Waals surface area (Å²) in [6, 6.07) is -0.793. The summed E-state index contributed by atoms with van der Waals surface area (Å²) in [7, 11) is 0. The first-order valence-corrected chi connectivity index (χ1v) is 8.07. The van der Waals surface area contributed by atoms with Gasteiger partial charge in [-0.25, -0.2) is 0 Å². The molecule has 2 aliphatic rings. The number of hydrogen-bond donors (Lipinski definition) is 1. The van der Waals surface area contributed by atoms with Crippen LogP contribution in [0.15, 0.2) is 0 Å². The zero-order chi connectivity index (χ0) is 15.7. The van der Waals surface area contributed by atoms with Crippen molar-refractivity contribution in [2.75, 3.05) is 6.54 Å². The molecule has 0 spiro atoms.